The number of alkyl halides is 2. The second-order valence-corrected chi connectivity index (χ2v) is 2.94. The van der Waals surface area contributed by atoms with Gasteiger partial charge in [-0.15, -0.1) is 23.2 Å². The van der Waals surface area contributed by atoms with E-state index < -0.39 is 6.10 Å². The Balaban J connectivity index is 3.04. The third-order valence-corrected chi connectivity index (χ3v) is 1.37. The van der Waals surface area contributed by atoms with E-state index in [0.29, 0.717) is 25.0 Å². The van der Waals surface area contributed by atoms with Crippen molar-refractivity contribution >= 4 is 23.2 Å². The minimum Gasteiger partial charge on any atom is -0.388 e. The lowest BCUT2D eigenvalue weighted by Crippen LogP contribution is -2.22. The Kier molecular flexibility index (Phi) is 9.91. The fourth-order valence-corrected chi connectivity index (χ4v) is 0.814. The van der Waals surface area contributed by atoms with Gasteiger partial charge in [-0.2, -0.15) is 0 Å². The smallest absolute Gasteiger partial charge is 0.101 e. The third kappa shape index (κ3) is 8.56. The monoisotopic (exact) mass is 216 g/mol. The summed E-state index contributed by atoms with van der Waals surface area (Å²) in [5, 5.41) is 9.17. The first kappa shape index (κ1) is 12.5. The molecule has 0 unspecified atom stereocenters. The summed E-state index contributed by atoms with van der Waals surface area (Å²) in [6, 6.07) is 0. The predicted molar refractivity (Wildman–Crippen MR) is 49.1 cm³/mol. The standard InChI is InChI=1S/C7H14Cl2O3/c8-1-3-11-5-7(10)6-12-4-2-9/h7,10H,1-6H2. The van der Waals surface area contributed by atoms with Gasteiger partial charge in [0.2, 0.25) is 0 Å². The van der Waals surface area contributed by atoms with E-state index in [0.717, 1.165) is 0 Å². The minimum absolute atomic E-state index is 0.259. The molecule has 0 aliphatic carbocycles. The SMILES string of the molecule is OC(COCCCl)COCCCl. The topological polar surface area (TPSA) is 38.7 Å². The summed E-state index contributed by atoms with van der Waals surface area (Å²) in [5.41, 5.74) is 0. The molecule has 0 atom stereocenters. The molecule has 0 aromatic heterocycles. The third-order valence-electron chi connectivity index (χ3n) is 1.06. The summed E-state index contributed by atoms with van der Waals surface area (Å²) in [5.74, 6) is 0.879. The molecular weight excluding hydrogens is 203 g/mol. The zero-order valence-electron chi connectivity index (χ0n) is 6.84. The summed E-state index contributed by atoms with van der Waals surface area (Å²) in [6.45, 7) is 1.42. The van der Waals surface area contributed by atoms with Crippen molar-refractivity contribution in [1.29, 1.82) is 0 Å². The Morgan fingerprint density at radius 2 is 1.42 bits per heavy atom. The van der Waals surface area contributed by atoms with E-state index in [4.69, 9.17) is 37.8 Å². The lowest BCUT2D eigenvalue weighted by Gasteiger charge is -2.10. The molecule has 0 rings (SSSR count). The fraction of sp³-hybridized carbons (Fsp3) is 1.00. The molecule has 0 amide bonds. The average molecular weight is 217 g/mol. The largest absolute Gasteiger partial charge is 0.388 e. The van der Waals surface area contributed by atoms with E-state index in [2.05, 4.69) is 0 Å². The Hall–Kier alpha value is 0.460. The van der Waals surface area contributed by atoms with Crippen LogP contribution in [0, 0.1) is 0 Å². The zero-order valence-corrected chi connectivity index (χ0v) is 8.35. The van der Waals surface area contributed by atoms with Crippen LogP contribution in [-0.4, -0.2) is 49.4 Å². The summed E-state index contributed by atoms with van der Waals surface area (Å²) in [6.07, 6.45) is -0.587. The number of aliphatic hydroxyl groups is 1. The summed E-state index contributed by atoms with van der Waals surface area (Å²) in [7, 11) is 0. The van der Waals surface area contributed by atoms with Crippen molar-refractivity contribution < 1.29 is 14.6 Å². The Labute approximate surface area is 82.6 Å². The van der Waals surface area contributed by atoms with Crippen LogP contribution < -0.4 is 0 Å². The van der Waals surface area contributed by atoms with Crippen LogP contribution in [0.25, 0.3) is 0 Å². The molecule has 0 fully saturated rings. The number of ether oxygens (including phenoxy) is 2. The highest BCUT2D eigenvalue weighted by molar-refractivity contribution is 6.18. The molecule has 0 spiro atoms. The van der Waals surface area contributed by atoms with Gasteiger partial charge in [0, 0.05) is 11.8 Å². The number of halogens is 2. The molecule has 5 heteroatoms. The molecule has 74 valence electrons. The van der Waals surface area contributed by atoms with Crippen molar-refractivity contribution in [2.75, 3.05) is 38.2 Å². The molecule has 3 nitrogen and oxygen atoms in total. The molecule has 0 aliphatic rings. The minimum atomic E-state index is -0.587. The molecule has 0 radical (unpaired) electrons. The second kappa shape index (κ2) is 9.55. The number of hydrogen-bond donors (Lipinski definition) is 1. The fourth-order valence-electron chi connectivity index (χ4n) is 0.596. The van der Waals surface area contributed by atoms with Crippen LogP contribution in [0.5, 0.6) is 0 Å². The van der Waals surface area contributed by atoms with Crippen LogP contribution in [-0.2, 0) is 9.47 Å². The Morgan fingerprint density at radius 3 is 1.75 bits per heavy atom. The van der Waals surface area contributed by atoms with Crippen LogP contribution >= 0.6 is 23.2 Å². The molecule has 1 N–H and O–H groups in total. The highest BCUT2D eigenvalue weighted by atomic mass is 35.5. The van der Waals surface area contributed by atoms with Crippen LogP contribution in [0.15, 0.2) is 0 Å². The Morgan fingerprint density at radius 1 is 1.00 bits per heavy atom. The normalized spacial score (nSPS) is 11.0. The van der Waals surface area contributed by atoms with Gasteiger partial charge in [-0.05, 0) is 0 Å². The number of rotatable bonds is 8. The highest BCUT2D eigenvalue weighted by Gasteiger charge is 2.03. The lowest BCUT2D eigenvalue weighted by atomic mass is 10.4. The summed E-state index contributed by atoms with van der Waals surface area (Å²) in [4.78, 5) is 0. The van der Waals surface area contributed by atoms with Gasteiger partial charge in [-0.3, -0.25) is 0 Å². The molecule has 0 saturated heterocycles. The van der Waals surface area contributed by atoms with Gasteiger partial charge in [0.05, 0.1) is 26.4 Å². The van der Waals surface area contributed by atoms with Gasteiger partial charge in [-0.1, -0.05) is 0 Å². The van der Waals surface area contributed by atoms with Crippen molar-refractivity contribution in [2.45, 2.75) is 6.10 Å². The number of aliphatic hydroxyl groups excluding tert-OH is 1. The Bertz CT molecular complexity index is 82.7. The van der Waals surface area contributed by atoms with Gasteiger partial charge >= 0.3 is 0 Å². The first-order chi connectivity index (χ1) is 5.81. The lowest BCUT2D eigenvalue weighted by molar-refractivity contribution is -0.0123. The highest BCUT2D eigenvalue weighted by Crippen LogP contribution is 1.89. The molecule has 0 aliphatic heterocycles. The van der Waals surface area contributed by atoms with Crippen molar-refractivity contribution in [3.8, 4) is 0 Å². The molecule has 0 aromatic carbocycles. The molecule has 0 saturated carbocycles. The van der Waals surface area contributed by atoms with Gasteiger partial charge in [0.15, 0.2) is 0 Å². The van der Waals surface area contributed by atoms with E-state index in [-0.39, 0.29) is 13.2 Å². The van der Waals surface area contributed by atoms with Crippen LogP contribution in [0.4, 0.5) is 0 Å². The summed E-state index contributed by atoms with van der Waals surface area (Å²) >= 11 is 10.7. The van der Waals surface area contributed by atoms with Crippen molar-refractivity contribution in [3.63, 3.8) is 0 Å². The molecule has 12 heavy (non-hydrogen) atoms. The second-order valence-electron chi connectivity index (χ2n) is 2.18. The molecule has 0 heterocycles. The van der Waals surface area contributed by atoms with Crippen molar-refractivity contribution in [2.24, 2.45) is 0 Å². The van der Waals surface area contributed by atoms with E-state index >= 15 is 0 Å². The van der Waals surface area contributed by atoms with Gasteiger partial charge in [0.25, 0.3) is 0 Å². The van der Waals surface area contributed by atoms with Crippen LogP contribution in [0.2, 0.25) is 0 Å². The predicted octanol–water partition coefficient (Wildman–Crippen LogP) is 0.858. The zero-order chi connectivity index (χ0) is 9.23. The molecular formula is C7H14Cl2O3. The van der Waals surface area contributed by atoms with E-state index in [1.54, 1.807) is 0 Å². The first-order valence-corrected chi connectivity index (χ1v) is 4.83. The maximum absolute atomic E-state index is 9.17. The van der Waals surface area contributed by atoms with Gasteiger partial charge in [-0.25, -0.2) is 0 Å². The maximum atomic E-state index is 9.17. The average Bonchev–Trinajstić information content (AvgIpc) is 2.06. The molecule has 0 aromatic rings. The maximum Gasteiger partial charge on any atom is 0.101 e. The van der Waals surface area contributed by atoms with Crippen LogP contribution in [0.3, 0.4) is 0 Å². The van der Waals surface area contributed by atoms with E-state index in [9.17, 15) is 0 Å². The van der Waals surface area contributed by atoms with Gasteiger partial charge in [0.1, 0.15) is 6.10 Å². The van der Waals surface area contributed by atoms with Crippen molar-refractivity contribution in [3.05, 3.63) is 0 Å². The quantitative estimate of drug-likeness (QED) is 0.484. The van der Waals surface area contributed by atoms with Crippen LogP contribution in [0.1, 0.15) is 0 Å². The van der Waals surface area contributed by atoms with Gasteiger partial charge < -0.3 is 14.6 Å². The number of hydrogen-bond acceptors (Lipinski definition) is 3. The van der Waals surface area contributed by atoms with Crippen molar-refractivity contribution in [1.82, 2.24) is 0 Å². The molecule has 0 bridgehead atoms. The summed E-state index contributed by atoms with van der Waals surface area (Å²) < 4.78 is 9.96. The van der Waals surface area contributed by atoms with E-state index in [1.807, 2.05) is 0 Å². The van der Waals surface area contributed by atoms with E-state index in [1.165, 1.54) is 0 Å². The first-order valence-electron chi connectivity index (χ1n) is 3.76.